The van der Waals surface area contributed by atoms with E-state index in [1.165, 1.54) is 75.0 Å². The van der Waals surface area contributed by atoms with Gasteiger partial charge in [0.25, 0.3) is 0 Å². The number of unbranched alkanes of at least 4 members (excludes halogenated alkanes) is 4. The summed E-state index contributed by atoms with van der Waals surface area (Å²) in [6.45, 7) is 16.0. The lowest BCUT2D eigenvalue weighted by Gasteiger charge is -2.33. The average molecular weight is 587 g/mol. The van der Waals surface area contributed by atoms with Crippen molar-refractivity contribution in [2.24, 2.45) is 0 Å². The van der Waals surface area contributed by atoms with Crippen LogP contribution in [0, 0.1) is 0 Å². The molecule has 0 fully saturated rings. The van der Waals surface area contributed by atoms with E-state index in [4.69, 9.17) is 18.9 Å². The van der Waals surface area contributed by atoms with Crippen LogP contribution in [-0.2, 0) is 18.9 Å². The smallest absolute Gasteiger partial charge is 0.144 e. The highest BCUT2D eigenvalue weighted by atomic mass is 33.5. The Hall–Kier alpha value is 1.32. The fourth-order valence-corrected chi connectivity index (χ4v) is 13.4. The van der Waals surface area contributed by atoms with Gasteiger partial charge in [-0.2, -0.15) is 0 Å². The number of hydrogen-bond acceptors (Lipinski definition) is 7. The Balaban J connectivity index is 4.07. The van der Waals surface area contributed by atoms with Gasteiger partial charge < -0.3 is 18.9 Å². The lowest BCUT2D eigenvalue weighted by atomic mass is 10.2. The van der Waals surface area contributed by atoms with Crippen LogP contribution >= 0.6 is 31.4 Å². The van der Waals surface area contributed by atoms with Crippen LogP contribution in [0.15, 0.2) is 0 Å². The van der Waals surface area contributed by atoms with E-state index in [2.05, 4.69) is 41.5 Å². The van der Waals surface area contributed by atoms with Gasteiger partial charge in [0.05, 0.1) is 19.0 Å². The molecule has 0 bridgehead atoms. The van der Waals surface area contributed by atoms with Crippen LogP contribution in [0.3, 0.4) is 0 Å². The average Bonchev–Trinajstić information content (AvgIpc) is 2.83. The van der Waals surface area contributed by atoms with Crippen LogP contribution in [0.5, 0.6) is 0 Å². The minimum absolute atomic E-state index is 0.219. The molecule has 0 radical (unpaired) electrons. The molecule has 0 aliphatic carbocycles. The maximum atomic E-state index is 6.19. The minimum atomic E-state index is -0.370. The first kappa shape index (κ1) is 36.3. The van der Waals surface area contributed by atoms with Crippen molar-refractivity contribution in [3.05, 3.63) is 0 Å². The molecule has 35 heavy (non-hydrogen) atoms. The molecule has 0 rings (SSSR count). The van der Waals surface area contributed by atoms with Crippen LogP contribution in [-0.4, -0.2) is 67.8 Å². The molecule has 0 aromatic heterocycles. The molecule has 9 heteroatoms. The van der Waals surface area contributed by atoms with E-state index in [1.54, 1.807) is 0 Å². The largest absolute Gasteiger partial charge is 0.355 e. The highest BCUT2D eigenvalue weighted by Gasteiger charge is 2.31. The lowest BCUT2D eigenvalue weighted by Crippen LogP contribution is -2.42. The molecule has 0 N–H and O–H groups in total. The van der Waals surface area contributed by atoms with Gasteiger partial charge >= 0.3 is 0 Å². The standard InChI is InChI=1S/C26H58O4S3Si2/c1-7-13-23-34-25(27-9-3,28-10-4)19-15-17-21-31-33-32-22-18-16-20-26(29-11-5,30-12-6)35-24-14-8-2/h7-24,34-35H2,1-6H3. The second kappa shape index (κ2) is 25.6. The van der Waals surface area contributed by atoms with Gasteiger partial charge in [-0.1, -0.05) is 73.2 Å². The summed E-state index contributed by atoms with van der Waals surface area (Å²) >= 11 is 0. The zero-order chi connectivity index (χ0) is 26.1. The Morgan fingerprint density at radius 2 is 0.886 bits per heavy atom. The minimum Gasteiger partial charge on any atom is -0.355 e. The molecule has 0 amide bonds. The highest BCUT2D eigenvalue weighted by molar-refractivity contribution is 9.09. The van der Waals surface area contributed by atoms with Gasteiger partial charge in [0.2, 0.25) is 0 Å². The van der Waals surface area contributed by atoms with Gasteiger partial charge in [0.1, 0.15) is 10.8 Å². The second-order valence-electron chi connectivity index (χ2n) is 9.09. The zero-order valence-corrected chi connectivity index (χ0v) is 29.3. The SMILES string of the molecule is CCCC[SiH2]C(CCCCSSSCCCCC(OCC)(OCC)[SiH2]CCCC)(OCC)OCC. The molecular weight excluding hydrogens is 529 g/mol. The maximum Gasteiger partial charge on any atom is 0.144 e. The van der Waals surface area contributed by atoms with Crippen LogP contribution in [0.25, 0.3) is 0 Å². The lowest BCUT2D eigenvalue weighted by molar-refractivity contribution is -0.180. The second-order valence-corrected chi connectivity index (χ2v) is 18.1. The molecule has 0 atom stereocenters. The highest BCUT2D eigenvalue weighted by Crippen LogP contribution is 2.36. The quantitative estimate of drug-likeness (QED) is 0.0405. The molecule has 0 aromatic rings. The molecule has 212 valence electrons. The van der Waals surface area contributed by atoms with Crippen molar-refractivity contribution in [2.45, 2.75) is 129 Å². The Morgan fingerprint density at radius 1 is 0.514 bits per heavy atom. The van der Waals surface area contributed by atoms with Gasteiger partial charge in [-0.15, -0.1) is 0 Å². The molecule has 0 aromatic carbocycles. The molecule has 0 saturated heterocycles. The Labute approximate surface area is 235 Å². The number of rotatable bonds is 28. The first-order valence-corrected chi connectivity index (χ1v) is 21.8. The van der Waals surface area contributed by atoms with Crippen molar-refractivity contribution in [1.82, 2.24) is 0 Å². The van der Waals surface area contributed by atoms with Crippen LogP contribution in [0.4, 0.5) is 0 Å². The predicted octanol–water partition coefficient (Wildman–Crippen LogP) is 7.58. The van der Waals surface area contributed by atoms with E-state index in [9.17, 15) is 0 Å². The summed E-state index contributed by atoms with van der Waals surface area (Å²) in [7, 11) is 5.25. The molecular formula is C26H58O4S3Si2. The normalized spacial score (nSPS) is 13.2. The summed E-state index contributed by atoms with van der Waals surface area (Å²) in [4.78, 5) is 0. The van der Waals surface area contributed by atoms with E-state index in [0.29, 0.717) is 0 Å². The predicted molar refractivity (Wildman–Crippen MR) is 169 cm³/mol. The van der Waals surface area contributed by atoms with E-state index < -0.39 is 0 Å². The van der Waals surface area contributed by atoms with Crippen molar-refractivity contribution in [3.63, 3.8) is 0 Å². The van der Waals surface area contributed by atoms with Crippen molar-refractivity contribution in [1.29, 1.82) is 0 Å². The van der Waals surface area contributed by atoms with Crippen molar-refractivity contribution in [2.75, 3.05) is 37.9 Å². The summed E-state index contributed by atoms with van der Waals surface area (Å²) in [6, 6.07) is 2.66. The summed E-state index contributed by atoms with van der Waals surface area (Å²) in [6.07, 6.45) is 12.2. The summed E-state index contributed by atoms with van der Waals surface area (Å²) in [5.74, 6) is 2.42. The number of ether oxygens (including phenoxy) is 4. The molecule has 0 saturated carbocycles. The van der Waals surface area contributed by atoms with E-state index in [1.807, 2.05) is 31.4 Å². The first-order valence-electron chi connectivity index (χ1n) is 14.5. The fourth-order valence-electron chi connectivity index (χ4n) is 4.46. The monoisotopic (exact) mass is 586 g/mol. The van der Waals surface area contributed by atoms with Gasteiger partial charge in [-0.05, 0) is 76.0 Å². The topological polar surface area (TPSA) is 36.9 Å². The molecule has 0 aliphatic heterocycles. The number of hydrogen-bond donors (Lipinski definition) is 0. The third kappa shape index (κ3) is 19.1. The summed E-state index contributed by atoms with van der Waals surface area (Å²) in [5, 5.41) is 0. The van der Waals surface area contributed by atoms with Crippen LogP contribution in [0.2, 0.25) is 12.1 Å². The Morgan fingerprint density at radius 3 is 1.20 bits per heavy atom. The van der Waals surface area contributed by atoms with E-state index >= 15 is 0 Å². The summed E-state index contributed by atoms with van der Waals surface area (Å²) in [5.41, 5.74) is -0.439. The molecule has 0 heterocycles. The van der Waals surface area contributed by atoms with Gasteiger partial charge in [-0.25, -0.2) is 0 Å². The Bertz CT molecular complexity index is 401. The van der Waals surface area contributed by atoms with Gasteiger partial charge in [0.15, 0.2) is 0 Å². The maximum absolute atomic E-state index is 6.19. The molecule has 0 aliphatic rings. The molecule has 4 nitrogen and oxygen atoms in total. The fraction of sp³-hybridized carbons (Fsp3) is 1.00. The van der Waals surface area contributed by atoms with E-state index in [0.717, 1.165) is 39.3 Å². The van der Waals surface area contributed by atoms with Crippen molar-refractivity contribution in [3.8, 4) is 0 Å². The molecule has 0 spiro atoms. The molecule has 0 unspecified atom stereocenters. The van der Waals surface area contributed by atoms with Gasteiger partial charge in [0, 0.05) is 37.9 Å². The Kier molecular flexibility index (Phi) is 26.6. The zero-order valence-electron chi connectivity index (χ0n) is 24.0. The summed E-state index contributed by atoms with van der Waals surface area (Å²) < 4.78 is 24.8. The third-order valence-corrected chi connectivity index (χ3v) is 15.3. The van der Waals surface area contributed by atoms with Crippen LogP contribution in [0.1, 0.15) is 106 Å². The van der Waals surface area contributed by atoms with Crippen LogP contribution < -0.4 is 0 Å². The van der Waals surface area contributed by atoms with Crippen molar-refractivity contribution < 1.29 is 18.9 Å². The van der Waals surface area contributed by atoms with E-state index in [-0.39, 0.29) is 29.9 Å². The first-order chi connectivity index (χ1) is 17.1. The van der Waals surface area contributed by atoms with Gasteiger partial charge in [-0.3, -0.25) is 0 Å². The third-order valence-electron chi connectivity index (χ3n) is 6.12. The van der Waals surface area contributed by atoms with Crippen molar-refractivity contribution >= 4 is 50.5 Å².